The predicted octanol–water partition coefficient (Wildman–Crippen LogP) is 1.94. The fourth-order valence-electron chi connectivity index (χ4n) is 3.74. The molecule has 0 bridgehead atoms. The van der Waals surface area contributed by atoms with Gasteiger partial charge in [0.15, 0.2) is 0 Å². The molecule has 0 aromatic heterocycles. The Labute approximate surface area is 160 Å². The summed E-state index contributed by atoms with van der Waals surface area (Å²) in [5, 5.41) is 0.503. The summed E-state index contributed by atoms with van der Waals surface area (Å²) in [6.07, 6.45) is 2.04. The van der Waals surface area contributed by atoms with Gasteiger partial charge in [0.1, 0.15) is 0 Å². The Balaban J connectivity index is 1.60. The van der Waals surface area contributed by atoms with Gasteiger partial charge in [0.2, 0.25) is 15.9 Å². The summed E-state index contributed by atoms with van der Waals surface area (Å²) in [6, 6.07) is 6.19. The second-order valence-electron chi connectivity index (χ2n) is 7.66. The third kappa shape index (κ3) is 3.91. The van der Waals surface area contributed by atoms with Gasteiger partial charge >= 0.3 is 0 Å². The standard InChI is InChI=1S/C18H26ClN3O3S/c1-18(12-20)8-11-21(13-18)17(23)14-6-9-22(10-7-14)26(24,25)16-4-2-15(19)3-5-16/h2-5,14H,6-13,20H2,1H3. The van der Waals surface area contributed by atoms with Crippen LogP contribution < -0.4 is 5.73 Å². The van der Waals surface area contributed by atoms with Crippen molar-refractivity contribution in [2.24, 2.45) is 17.1 Å². The molecular formula is C18H26ClN3O3S. The molecule has 1 amide bonds. The minimum atomic E-state index is -3.54. The Kier molecular flexibility index (Phi) is 5.63. The number of carbonyl (C=O) groups excluding carboxylic acids is 1. The van der Waals surface area contributed by atoms with Gasteiger partial charge in [0.05, 0.1) is 4.90 Å². The number of rotatable bonds is 4. The molecule has 3 rings (SSSR count). The van der Waals surface area contributed by atoms with E-state index in [1.54, 1.807) is 12.1 Å². The summed E-state index contributed by atoms with van der Waals surface area (Å²) in [6.45, 7) is 4.87. The van der Waals surface area contributed by atoms with E-state index in [9.17, 15) is 13.2 Å². The fraction of sp³-hybridized carbons (Fsp3) is 0.611. The van der Waals surface area contributed by atoms with Crippen LogP contribution in [0.15, 0.2) is 29.2 Å². The van der Waals surface area contributed by atoms with Crippen LogP contribution in [0.2, 0.25) is 5.02 Å². The first-order valence-electron chi connectivity index (χ1n) is 9.00. The van der Waals surface area contributed by atoms with Gasteiger partial charge in [-0.25, -0.2) is 8.42 Å². The van der Waals surface area contributed by atoms with Crippen molar-refractivity contribution in [2.75, 3.05) is 32.7 Å². The summed E-state index contributed by atoms with van der Waals surface area (Å²) in [5.41, 5.74) is 5.83. The molecule has 2 aliphatic rings. The number of hydrogen-bond acceptors (Lipinski definition) is 4. The number of halogens is 1. The van der Waals surface area contributed by atoms with Crippen LogP contribution in [0.4, 0.5) is 0 Å². The van der Waals surface area contributed by atoms with Gasteiger partial charge in [0, 0.05) is 37.1 Å². The maximum Gasteiger partial charge on any atom is 0.243 e. The molecule has 2 aliphatic heterocycles. The van der Waals surface area contributed by atoms with Crippen molar-refractivity contribution in [3.63, 3.8) is 0 Å². The highest BCUT2D eigenvalue weighted by molar-refractivity contribution is 7.89. The largest absolute Gasteiger partial charge is 0.342 e. The number of carbonyl (C=O) groups is 1. The molecular weight excluding hydrogens is 374 g/mol. The highest BCUT2D eigenvalue weighted by Crippen LogP contribution is 2.32. The smallest absolute Gasteiger partial charge is 0.243 e. The number of sulfonamides is 1. The molecule has 0 saturated carbocycles. The average molecular weight is 400 g/mol. The number of nitrogens with zero attached hydrogens (tertiary/aromatic N) is 2. The Hall–Kier alpha value is -1.15. The van der Waals surface area contributed by atoms with Gasteiger partial charge in [-0.05, 0) is 55.5 Å². The fourth-order valence-corrected chi connectivity index (χ4v) is 5.33. The van der Waals surface area contributed by atoms with Crippen molar-refractivity contribution in [2.45, 2.75) is 31.1 Å². The van der Waals surface area contributed by atoms with Crippen molar-refractivity contribution < 1.29 is 13.2 Å². The Morgan fingerprint density at radius 3 is 2.38 bits per heavy atom. The molecule has 2 saturated heterocycles. The van der Waals surface area contributed by atoms with E-state index in [0.717, 1.165) is 13.0 Å². The third-order valence-electron chi connectivity index (χ3n) is 5.62. The number of amides is 1. The van der Waals surface area contributed by atoms with E-state index in [1.165, 1.54) is 16.4 Å². The maximum absolute atomic E-state index is 12.8. The summed E-state index contributed by atoms with van der Waals surface area (Å²) in [5.74, 6) is 0.0394. The second kappa shape index (κ2) is 7.46. The number of likely N-dealkylation sites (tertiary alicyclic amines) is 1. The molecule has 144 valence electrons. The lowest BCUT2D eigenvalue weighted by Crippen LogP contribution is -2.44. The van der Waals surface area contributed by atoms with Crippen LogP contribution in [0.1, 0.15) is 26.2 Å². The zero-order chi connectivity index (χ0) is 18.9. The normalized spacial score (nSPS) is 25.6. The van der Waals surface area contributed by atoms with Crippen molar-refractivity contribution >= 4 is 27.5 Å². The van der Waals surface area contributed by atoms with Crippen molar-refractivity contribution in [1.82, 2.24) is 9.21 Å². The first-order valence-corrected chi connectivity index (χ1v) is 10.8. The highest BCUT2D eigenvalue weighted by atomic mass is 35.5. The molecule has 1 aromatic rings. The van der Waals surface area contributed by atoms with Gasteiger partial charge in [-0.1, -0.05) is 18.5 Å². The summed E-state index contributed by atoms with van der Waals surface area (Å²) in [7, 11) is -3.54. The average Bonchev–Trinajstić information content (AvgIpc) is 3.04. The maximum atomic E-state index is 12.8. The molecule has 6 nitrogen and oxygen atoms in total. The van der Waals surface area contributed by atoms with E-state index in [-0.39, 0.29) is 22.1 Å². The zero-order valence-corrected chi connectivity index (χ0v) is 16.6. The molecule has 0 spiro atoms. The first kappa shape index (κ1) is 19.6. The first-order chi connectivity index (χ1) is 12.2. The summed E-state index contributed by atoms with van der Waals surface area (Å²) >= 11 is 5.84. The molecule has 26 heavy (non-hydrogen) atoms. The van der Waals surface area contributed by atoms with Crippen LogP contribution in [0.25, 0.3) is 0 Å². The van der Waals surface area contributed by atoms with Crippen LogP contribution in [0, 0.1) is 11.3 Å². The number of nitrogens with two attached hydrogens (primary N) is 1. The van der Waals surface area contributed by atoms with Gasteiger partial charge in [-0.3, -0.25) is 4.79 Å². The molecule has 2 N–H and O–H groups in total. The van der Waals surface area contributed by atoms with E-state index in [4.69, 9.17) is 17.3 Å². The van der Waals surface area contributed by atoms with E-state index >= 15 is 0 Å². The second-order valence-corrected chi connectivity index (χ2v) is 10.0. The van der Waals surface area contributed by atoms with Crippen LogP contribution in [0.3, 0.4) is 0 Å². The Morgan fingerprint density at radius 1 is 1.23 bits per heavy atom. The molecule has 2 fully saturated rings. The molecule has 2 heterocycles. The van der Waals surface area contributed by atoms with Gasteiger partial charge < -0.3 is 10.6 Å². The van der Waals surface area contributed by atoms with Crippen LogP contribution in [-0.2, 0) is 14.8 Å². The topological polar surface area (TPSA) is 83.7 Å². The van der Waals surface area contributed by atoms with Gasteiger partial charge in [-0.15, -0.1) is 0 Å². The molecule has 8 heteroatoms. The van der Waals surface area contributed by atoms with Crippen molar-refractivity contribution in [3.05, 3.63) is 29.3 Å². The van der Waals surface area contributed by atoms with Crippen LogP contribution in [0.5, 0.6) is 0 Å². The SMILES string of the molecule is CC1(CN)CCN(C(=O)C2CCN(S(=O)(=O)c3ccc(Cl)cc3)CC2)C1. The van der Waals surface area contributed by atoms with E-state index < -0.39 is 10.0 Å². The van der Waals surface area contributed by atoms with Crippen LogP contribution >= 0.6 is 11.6 Å². The minimum Gasteiger partial charge on any atom is -0.342 e. The number of hydrogen-bond donors (Lipinski definition) is 1. The third-order valence-corrected chi connectivity index (χ3v) is 7.78. The molecule has 1 unspecified atom stereocenters. The minimum absolute atomic E-state index is 0.00822. The predicted molar refractivity (Wildman–Crippen MR) is 101 cm³/mol. The van der Waals surface area contributed by atoms with Gasteiger partial charge in [-0.2, -0.15) is 4.31 Å². The van der Waals surface area contributed by atoms with E-state index in [2.05, 4.69) is 6.92 Å². The quantitative estimate of drug-likeness (QED) is 0.838. The monoisotopic (exact) mass is 399 g/mol. The van der Waals surface area contributed by atoms with Crippen molar-refractivity contribution in [1.29, 1.82) is 0 Å². The Bertz CT molecular complexity index is 760. The molecule has 0 radical (unpaired) electrons. The van der Waals surface area contributed by atoms with Crippen LogP contribution in [-0.4, -0.2) is 56.3 Å². The lowest BCUT2D eigenvalue weighted by atomic mass is 9.90. The van der Waals surface area contributed by atoms with Crippen molar-refractivity contribution in [3.8, 4) is 0 Å². The molecule has 1 aromatic carbocycles. The summed E-state index contributed by atoms with van der Waals surface area (Å²) < 4.78 is 26.9. The molecule has 0 aliphatic carbocycles. The van der Waals surface area contributed by atoms with E-state index in [0.29, 0.717) is 44.0 Å². The highest BCUT2D eigenvalue weighted by Gasteiger charge is 2.39. The van der Waals surface area contributed by atoms with E-state index in [1.807, 2.05) is 4.90 Å². The lowest BCUT2D eigenvalue weighted by Gasteiger charge is -2.33. The number of piperidine rings is 1. The Morgan fingerprint density at radius 2 is 1.85 bits per heavy atom. The molecule has 1 atom stereocenters. The zero-order valence-electron chi connectivity index (χ0n) is 15.0. The van der Waals surface area contributed by atoms with Gasteiger partial charge in [0.25, 0.3) is 0 Å². The number of benzene rings is 1. The lowest BCUT2D eigenvalue weighted by molar-refractivity contribution is -0.136. The summed E-state index contributed by atoms with van der Waals surface area (Å²) in [4.78, 5) is 14.9.